The maximum absolute atomic E-state index is 2.25. The molecule has 0 spiro atoms. The van der Waals surface area contributed by atoms with Crippen molar-refractivity contribution in [2.24, 2.45) is 0 Å². The average Bonchev–Trinajstić information content (AvgIpc) is 2.99. The van der Waals surface area contributed by atoms with Crippen LogP contribution in [0.5, 0.6) is 0 Å². The molecule has 0 saturated carbocycles. The first-order chi connectivity index (χ1) is 7.41. The van der Waals surface area contributed by atoms with Crippen LogP contribution in [0.2, 0.25) is 12.1 Å². The van der Waals surface area contributed by atoms with Gasteiger partial charge in [0.2, 0.25) is 0 Å². The summed E-state index contributed by atoms with van der Waals surface area (Å²) in [7, 11) is 0.815. The molecule has 2 aromatic carbocycles. The Hall–Kier alpha value is 1.26. The van der Waals surface area contributed by atoms with E-state index in [-0.39, 0.29) is 74.2 Å². The topological polar surface area (TPSA) is 0 Å². The van der Waals surface area contributed by atoms with Gasteiger partial charge in [0.05, 0.1) is 0 Å². The molecule has 0 N–H and O–H groups in total. The van der Waals surface area contributed by atoms with E-state index in [0.29, 0.717) is 0 Å². The van der Waals surface area contributed by atoms with Gasteiger partial charge in [-0.2, -0.15) is 36.4 Å². The number of rotatable bonds is 2. The van der Waals surface area contributed by atoms with E-state index in [1.165, 1.54) is 12.1 Å². The first kappa shape index (κ1) is 27.6. The Morgan fingerprint density at radius 2 is 1.00 bits per heavy atom. The third-order valence-electron chi connectivity index (χ3n) is 1.69. The Labute approximate surface area is 168 Å². The quantitative estimate of drug-likeness (QED) is 0.229. The Kier molecular flexibility index (Phi) is 41.0. The van der Waals surface area contributed by atoms with Crippen LogP contribution in [-0.4, -0.2) is 9.52 Å². The van der Waals surface area contributed by atoms with Gasteiger partial charge in [0.25, 0.3) is 0 Å². The molecule has 4 heteroatoms. The van der Waals surface area contributed by atoms with Crippen LogP contribution in [0.1, 0.15) is 13.8 Å². The van der Waals surface area contributed by atoms with Gasteiger partial charge < -0.3 is 48.0 Å². The van der Waals surface area contributed by atoms with E-state index >= 15 is 0 Å². The summed E-state index contributed by atoms with van der Waals surface area (Å²) >= 11 is 0. The summed E-state index contributed by atoms with van der Waals surface area (Å²) in [5.41, 5.74) is 0. The average molecular weight is 562 g/mol. The molecule has 0 aliphatic rings. The van der Waals surface area contributed by atoms with E-state index in [1.807, 2.05) is 60.7 Å². The van der Waals surface area contributed by atoms with E-state index in [0.717, 1.165) is 9.52 Å². The molecule has 99 valence electrons. The molecule has 0 heterocycles. The van der Waals surface area contributed by atoms with Gasteiger partial charge in [-0.1, -0.05) is 25.9 Å². The van der Waals surface area contributed by atoms with Gasteiger partial charge in [-0.15, -0.1) is 0 Å². The van der Waals surface area contributed by atoms with E-state index in [2.05, 4.69) is 13.8 Å². The summed E-state index contributed by atoms with van der Waals surface area (Å²) in [6.45, 7) is 4.50. The van der Waals surface area contributed by atoms with Crippen molar-refractivity contribution in [2.75, 3.05) is 0 Å². The van der Waals surface area contributed by atoms with E-state index in [4.69, 9.17) is 0 Å². The first-order valence-electron chi connectivity index (χ1n) is 5.56. The van der Waals surface area contributed by atoms with Crippen LogP contribution >= 0.6 is 0 Å². The fourth-order valence-electron chi connectivity index (χ4n) is 0.930. The van der Waals surface area contributed by atoms with Crippen LogP contribution < -0.4 is 48.0 Å². The molecule has 0 aliphatic heterocycles. The molecule has 0 fully saturated rings. The van der Waals surface area contributed by atoms with E-state index in [1.54, 1.807) is 0 Å². The van der Waals surface area contributed by atoms with Crippen molar-refractivity contribution in [3.8, 4) is 0 Å². The Morgan fingerprint density at radius 1 is 0.722 bits per heavy atom. The fraction of sp³-hybridized carbons (Fsp3) is 0.286. The standard InChI is InChI=1S/2C5H5.C4H11Si.2HI.Zr/c2*1-2-4-5-3-1;1-3-5-4-2;;;/h2*1-5H;5H,3-4H2,1-2H3;2*1H;/q2*-1;;;;+4/p-2. The van der Waals surface area contributed by atoms with Crippen molar-refractivity contribution in [1.29, 1.82) is 0 Å². The monoisotopic (exact) mass is 561 g/mol. The SMILES string of the molecule is CC[SiH]CC.[I-].[I-].[Zr+4].c1cc[cH-]c1.c1cc[cH-]c1. The van der Waals surface area contributed by atoms with Gasteiger partial charge in [0.1, 0.15) is 0 Å². The molecule has 0 unspecified atom stereocenters. The van der Waals surface area contributed by atoms with Crippen LogP contribution in [0.4, 0.5) is 0 Å². The molecule has 0 nitrogen and oxygen atoms in total. The minimum atomic E-state index is 0. The minimum absolute atomic E-state index is 0. The molecular weight excluding hydrogens is 541 g/mol. The van der Waals surface area contributed by atoms with Crippen molar-refractivity contribution >= 4 is 9.52 Å². The van der Waals surface area contributed by atoms with Crippen molar-refractivity contribution in [3.05, 3.63) is 60.7 Å². The van der Waals surface area contributed by atoms with Crippen LogP contribution in [0.3, 0.4) is 0 Å². The normalized spacial score (nSPS) is 6.78. The van der Waals surface area contributed by atoms with Crippen molar-refractivity contribution in [3.63, 3.8) is 0 Å². The predicted octanol–water partition coefficient (Wildman–Crippen LogP) is -1.88. The van der Waals surface area contributed by atoms with Gasteiger partial charge in [-0.3, -0.25) is 0 Å². The maximum atomic E-state index is 2.25. The second-order valence-electron chi connectivity index (χ2n) is 3.03. The van der Waals surface area contributed by atoms with E-state index < -0.39 is 0 Å². The van der Waals surface area contributed by atoms with Gasteiger partial charge in [-0.05, 0) is 0 Å². The summed E-state index contributed by atoms with van der Waals surface area (Å²) in [6, 6.07) is 22.9. The molecule has 1 radical (unpaired) electrons. The van der Waals surface area contributed by atoms with Crippen LogP contribution in [-0.2, 0) is 26.2 Å². The smallest absolute Gasteiger partial charge is 1.00 e. The largest absolute Gasteiger partial charge is 4.00 e. The fourth-order valence-corrected chi connectivity index (χ4v) is 1.51. The van der Waals surface area contributed by atoms with Crippen molar-refractivity contribution < 1.29 is 74.2 Å². The zero-order valence-corrected chi connectivity index (χ0v) is 18.9. The van der Waals surface area contributed by atoms with Crippen molar-refractivity contribution in [2.45, 2.75) is 25.9 Å². The van der Waals surface area contributed by atoms with Crippen LogP contribution in [0, 0.1) is 0 Å². The van der Waals surface area contributed by atoms with E-state index in [9.17, 15) is 0 Å². The molecule has 18 heavy (non-hydrogen) atoms. The molecule has 2 rings (SSSR count). The summed E-state index contributed by atoms with van der Waals surface area (Å²) in [5.74, 6) is 0. The first-order valence-corrected chi connectivity index (χ1v) is 7.20. The third-order valence-corrected chi connectivity index (χ3v) is 2.84. The Morgan fingerprint density at radius 3 is 1.06 bits per heavy atom. The Bertz CT molecular complexity index is 194. The van der Waals surface area contributed by atoms with Gasteiger partial charge in [0, 0.05) is 9.52 Å². The summed E-state index contributed by atoms with van der Waals surface area (Å²) < 4.78 is 0. The molecule has 0 aromatic heterocycles. The minimum Gasteiger partial charge on any atom is -1.00 e. The number of hydrogen-bond donors (Lipinski definition) is 0. The molecule has 2 aromatic rings. The summed E-state index contributed by atoms with van der Waals surface area (Å²) in [4.78, 5) is 0. The molecule has 0 amide bonds. The zero-order chi connectivity index (χ0) is 11.2. The maximum Gasteiger partial charge on any atom is 4.00 e. The predicted molar refractivity (Wildman–Crippen MR) is 72.2 cm³/mol. The van der Waals surface area contributed by atoms with Crippen LogP contribution in [0.15, 0.2) is 60.7 Å². The summed E-state index contributed by atoms with van der Waals surface area (Å²) in [5, 5.41) is 0. The number of hydrogen-bond acceptors (Lipinski definition) is 0. The number of halogens is 2. The van der Waals surface area contributed by atoms with Gasteiger partial charge in [0.15, 0.2) is 0 Å². The van der Waals surface area contributed by atoms with Gasteiger partial charge in [-0.25, -0.2) is 24.3 Å². The van der Waals surface area contributed by atoms with Gasteiger partial charge >= 0.3 is 26.2 Å². The Balaban J connectivity index is -0.0000000754. The van der Waals surface area contributed by atoms with Crippen LogP contribution in [0.25, 0.3) is 0 Å². The second kappa shape index (κ2) is 26.8. The van der Waals surface area contributed by atoms with Crippen molar-refractivity contribution in [1.82, 2.24) is 0 Å². The third kappa shape index (κ3) is 26.0. The molecule has 0 saturated heterocycles. The molecule has 0 aliphatic carbocycles. The molecular formula is C14H21I2SiZr. The summed E-state index contributed by atoms with van der Waals surface area (Å²) in [6.07, 6.45) is 0. The molecule has 0 bridgehead atoms. The molecule has 0 atom stereocenters. The second-order valence-corrected chi connectivity index (χ2v) is 5.24. The zero-order valence-electron chi connectivity index (χ0n) is 11.0.